The first kappa shape index (κ1) is 21.0. The van der Waals surface area contributed by atoms with Crippen LogP contribution >= 0.6 is 0 Å². The number of benzene rings is 2. The Morgan fingerprint density at radius 3 is 2.36 bits per heavy atom. The fraction of sp³-hybridized carbons (Fsp3) is 0.222. The van der Waals surface area contributed by atoms with Crippen LogP contribution in [0.2, 0.25) is 0 Å². The Balaban J connectivity index is 2.05. The molecule has 2 rings (SSSR count). The number of nitrogens with one attached hydrogen (secondary N) is 2. The molecule has 0 spiro atoms. The van der Waals surface area contributed by atoms with E-state index in [1.54, 1.807) is 30.3 Å². The van der Waals surface area contributed by atoms with Gasteiger partial charge in [0.05, 0.1) is 37.4 Å². The molecule has 0 aromatic heterocycles. The molecule has 0 radical (unpaired) electrons. The van der Waals surface area contributed by atoms with Gasteiger partial charge < -0.3 is 19.5 Å². The highest BCUT2D eigenvalue weighted by molar-refractivity contribution is 7.92. The van der Waals surface area contributed by atoms with Crippen LogP contribution in [-0.2, 0) is 19.6 Å². The van der Waals surface area contributed by atoms with Crippen molar-refractivity contribution in [1.29, 1.82) is 0 Å². The average Bonchev–Trinajstić information content (AvgIpc) is 2.65. The summed E-state index contributed by atoms with van der Waals surface area (Å²) in [5, 5.41) is 2.56. The van der Waals surface area contributed by atoms with Gasteiger partial charge in [-0.2, -0.15) is 0 Å². The zero-order chi connectivity index (χ0) is 20.7. The Labute approximate surface area is 162 Å². The van der Waals surface area contributed by atoms with Gasteiger partial charge in [-0.1, -0.05) is 12.1 Å². The maximum absolute atomic E-state index is 12.3. The van der Waals surface area contributed by atoms with Gasteiger partial charge in [0.25, 0.3) is 5.91 Å². The van der Waals surface area contributed by atoms with Gasteiger partial charge in [-0.25, -0.2) is 13.2 Å². The van der Waals surface area contributed by atoms with E-state index in [0.29, 0.717) is 17.2 Å². The van der Waals surface area contributed by atoms with Gasteiger partial charge in [-0.3, -0.25) is 9.52 Å². The lowest BCUT2D eigenvalue weighted by molar-refractivity contribution is -0.119. The van der Waals surface area contributed by atoms with Gasteiger partial charge in [0.15, 0.2) is 6.61 Å². The van der Waals surface area contributed by atoms with Gasteiger partial charge in [0.1, 0.15) is 11.5 Å². The number of esters is 1. The van der Waals surface area contributed by atoms with Crippen LogP contribution in [0.1, 0.15) is 10.4 Å². The first-order valence-corrected chi connectivity index (χ1v) is 9.88. The number of rotatable bonds is 8. The molecular formula is C18H20N2O7S. The Bertz CT molecular complexity index is 974. The van der Waals surface area contributed by atoms with Gasteiger partial charge in [-0.05, 0) is 24.3 Å². The number of ether oxygens (including phenoxy) is 3. The highest BCUT2D eigenvalue weighted by Crippen LogP contribution is 2.28. The van der Waals surface area contributed by atoms with Crippen molar-refractivity contribution in [3.8, 4) is 11.5 Å². The average molecular weight is 408 g/mol. The van der Waals surface area contributed by atoms with Crippen molar-refractivity contribution in [3.63, 3.8) is 0 Å². The van der Waals surface area contributed by atoms with E-state index in [1.165, 1.54) is 26.4 Å². The molecule has 2 aromatic rings. The first-order chi connectivity index (χ1) is 13.2. The zero-order valence-electron chi connectivity index (χ0n) is 15.5. The van der Waals surface area contributed by atoms with Crippen LogP contribution in [0.25, 0.3) is 0 Å². The Kier molecular flexibility index (Phi) is 6.83. The van der Waals surface area contributed by atoms with E-state index in [-0.39, 0.29) is 11.3 Å². The van der Waals surface area contributed by atoms with Gasteiger partial charge in [-0.15, -0.1) is 0 Å². The molecule has 0 fully saturated rings. The lowest BCUT2D eigenvalue weighted by Crippen LogP contribution is -2.22. The number of methoxy groups -OCH3 is 2. The summed E-state index contributed by atoms with van der Waals surface area (Å²) in [4.78, 5) is 24.4. The monoisotopic (exact) mass is 408 g/mol. The molecule has 0 heterocycles. The second-order valence-electron chi connectivity index (χ2n) is 5.61. The van der Waals surface area contributed by atoms with E-state index in [4.69, 9.17) is 14.2 Å². The second kappa shape index (κ2) is 9.09. The standard InChI is InChI=1S/C18H20N2O7S/c1-25-12-8-9-16(26-2)15(10-12)19-17(21)11-27-18(22)13-6-4-5-7-14(13)20-28(3,23)24/h4-10,20H,11H2,1-3H3,(H,19,21). The number of anilines is 2. The largest absolute Gasteiger partial charge is 0.497 e. The molecule has 0 saturated carbocycles. The topological polar surface area (TPSA) is 120 Å². The van der Waals surface area contributed by atoms with Crippen LogP contribution in [0.3, 0.4) is 0 Å². The summed E-state index contributed by atoms with van der Waals surface area (Å²) in [6.45, 7) is -0.577. The van der Waals surface area contributed by atoms with Crippen molar-refractivity contribution >= 4 is 33.3 Å². The predicted octanol–water partition coefficient (Wildman–Crippen LogP) is 1.87. The summed E-state index contributed by atoms with van der Waals surface area (Å²) in [5.41, 5.74) is 0.395. The molecule has 2 aromatic carbocycles. The molecule has 0 atom stereocenters. The number of hydrogen-bond donors (Lipinski definition) is 2. The smallest absolute Gasteiger partial charge is 0.340 e. The van der Waals surface area contributed by atoms with Crippen molar-refractivity contribution < 1.29 is 32.2 Å². The maximum Gasteiger partial charge on any atom is 0.340 e. The normalized spacial score (nSPS) is 10.7. The molecule has 0 saturated heterocycles. The van der Waals surface area contributed by atoms with Crippen LogP contribution < -0.4 is 19.5 Å². The second-order valence-corrected chi connectivity index (χ2v) is 7.36. The van der Waals surface area contributed by atoms with Crippen molar-refractivity contribution in [3.05, 3.63) is 48.0 Å². The van der Waals surface area contributed by atoms with Crippen molar-refractivity contribution in [1.82, 2.24) is 0 Å². The van der Waals surface area contributed by atoms with Gasteiger partial charge in [0.2, 0.25) is 10.0 Å². The Hall–Kier alpha value is -3.27. The van der Waals surface area contributed by atoms with E-state index in [1.807, 2.05) is 0 Å². The van der Waals surface area contributed by atoms with Crippen molar-refractivity contribution in [2.45, 2.75) is 0 Å². The SMILES string of the molecule is COc1ccc(OC)c(NC(=O)COC(=O)c2ccccc2NS(C)(=O)=O)c1. The molecule has 0 bridgehead atoms. The molecule has 150 valence electrons. The van der Waals surface area contributed by atoms with Crippen LogP contribution in [0.5, 0.6) is 11.5 Å². The van der Waals surface area contributed by atoms with E-state index < -0.39 is 28.5 Å². The lowest BCUT2D eigenvalue weighted by Gasteiger charge is -2.13. The Morgan fingerprint density at radius 2 is 1.71 bits per heavy atom. The van der Waals surface area contributed by atoms with Crippen molar-refractivity contribution in [2.75, 3.05) is 37.1 Å². The van der Waals surface area contributed by atoms with Crippen LogP contribution in [0, 0.1) is 0 Å². The fourth-order valence-electron chi connectivity index (χ4n) is 2.26. The lowest BCUT2D eigenvalue weighted by atomic mass is 10.2. The summed E-state index contributed by atoms with van der Waals surface area (Å²) in [6, 6.07) is 10.8. The van der Waals surface area contributed by atoms with Gasteiger partial charge >= 0.3 is 5.97 Å². The molecule has 0 aliphatic rings. The molecule has 28 heavy (non-hydrogen) atoms. The minimum absolute atomic E-state index is 0.0142. The number of amides is 1. The highest BCUT2D eigenvalue weighted by atomic mass is 32.2. The molecule has 0 unspecified atom stereocenters. The minimum Gasteiger partial charge on any atom is -0.497 e. The van der Waals surface area contributed by atoms with E-state index in [9.17, 15) is 18.0 Å². The summed E-state index contributed by atoms with van der Waals surface area (Å²) in [5.74, 6) is -0.537. The number of para-hydroxylation sites is 1. The fourth-order valence-corrected chi connectivity index (χ4v) is 2.83. The van der Waals surface area contributed by atoms with Crippen LogP contribution in [-0.4, -0.2) is 47.4 Å². The molecule has 0 aliphatic carbocycles. The van der Waals surface area contributed by atoms with E-state index in [2.05, 4.69) is 10.0 Å². The van der Waals surface area contributed by atoms with Crippen LogP contribution in [0.4, 0.5) is 11.4 Å². The third-order valence-corrected chi connectivity index (χ3v) is 4.05. The van der Waals surface area contributed by atoms with Crippen molar-refractivity contribution in [2.24, 2.45) is 0 Å². The third-order valence-electron chi connectivity index (χ3n) is 3.46. The number of sulfonamides is 1. The molecule has 2 N–H and O–H groups in total. The predicted molar refractivity (Wildman–Crippen MR) is 103 cm³/mol. The minimum atomic E-state index is -3.58. The third kappa shape index (κ3) is 5.88. The molecule has 1 amide bonds. The summed E-state index contributed by atoms with van der Waals surface area (Å²) < 4.78 is 40.3. The van der Waals surface area contributed by atoms with E-state index >= 15 is 0 Å². The summed E-state index contributed by atoms with van der Waals surface area (Å²) in [7, 11) is -0.651. The van der Waals surface area contributed by atoms with E-state index in [0.717, 1.165) is 6.26 Å². The zero-order valence-corrected chi connectivity index (χ0v) is 16.3. The number of hydrogen-bond acceptors (Lipinski definition) is 7. The molecule has 10 heteroatoms. The molecule has 0 aliphatic heterocycles. The summed E-state index contributed by atoms with van der Waals surface area (Å²) >= 11 is 0. The Morgan fingerprint density at radius 1 is 1.00 bits per heavy atom. The van der Waals surface area contributed by atoms with Crippen LogP contribution in [0.15, 0.2) is 42.5 Å². The quantitative estimate of drug-likeness (QED) is 0.640. The summed E-state index contributed by atoms with van der Waals surface area (Å²) in [6.07, 6.45) is 0.962. The number of carbonyl (C=O) groups is 2. The first-order valence-electron chi connectivity index (χ1n) is 7.99. The molecule has 9 nitrogen and oxygen atoms in total. The van der Waals surface area contributed by atoms with Gasteiger partial charge in [0, 0.05) is 6.07 Å². The maximum atomic E-state index is 12.3. The highest BCUT2D eigenvalue weighted by Gasteiger charge is 2.17. The molecular weight excluding hydrogens is 388 g/mol. The number of carbonyl (C=O) groups excluding carboxylic acids is 2.